The second-order valence-electron chi connectivity index (χ2n) is 3.90. The molecule has 1 atom stereocenters. The van der Waals surface area contributed by atoms with E-state index in [0.29, 0.717) is 0 Å². The smallest absolute Gasteiger partial charge is 0.184 e. The van der Waals surface area contributed by atoms with Crippen LogP contribution in [0.4, 0.5) is 5.13 Å². The molecule has 0 aliphatic carbocycles. The Morgan fingerprint density at radius 1 is 1.35 bits per heavy atom. The summed E-state index contributed by atoms with van der Waals surface area (Å²) in [5.74, 6) is 0.114. The van der Waals surface area contributed by atoms with Gasteiger partial charge in [0, 0.05) is 5.41 Å². The van der Waals surface area contributed by atoms with Crippen LogP contribution in [0.25, 0.3) is 10.2 Å². The van der Waals surface area contributed by atoms with E-state index < -0.39 is 9.84 Å². The largest absolute Gasteiger partial charge is 0.354 e. The van der Waals surface area contributed by atoms with Gasteiger partial charge in [-0.05, 0) is 18.2 Å². The molecule has 0 saturated heterocycles. The van der Waals surface area contributed by atoms with E-state index in [2.05, 4.69) is 10.3 Å². The molecule has 3 rings (SSSR count). The molecule has 1 N–H and O–H groups in total. The van der Waals surface area contributed by atoms with E-state index in [1.165, 1.54) is 16.7 Å². The standard InChI is InChI=1S/C11H10N2O2S2/c14-17(15)6-5-8(7-17)12-11-13-9-3-1-2-4-10(9)16-11/h1-6,8H,7H2,(H,12,13). The van der Waals surface area contributed by atoms with E-state index in [9.17, 15) is 8.42 Å². The Labute approximate surface area is 103 Å². The lowest BCUT2D eigenvalue weighted by Gasteiger charge is -2.06. The van der Waals surface area contributed by atoms with Gasteiger partial charge in [0.15, 0.2) is 15.0 Å². The number of thiazole rings is 1. The predicted octanol–water partition coefficient (Wildman–Crippen LogP) is 2.02. The Kier molecular flexibility index (Phi) is 2.41. The van der Waals surface area contributed by atoms with Gasteiger partial charge in [-0.1, -0.05) is 23.5 Å². The van der Waals surface area contributed by atoms with Crippen molar-refractivity contribution in [1.29, 1.82) is 0 Å². The van der Waals surface area contributed by atoms with E-state index in [0.717, 1.165) is 15.3 Å². The van der Waals surface area contributed by atoms with Crippen LogP contribution in [0.2, 0.25) is 0 Å². The topological polar surface area (TPSA) is 59.1 Å². The zero-order valence-electron chi connectivity index (χ0n) is 8.83. The van der Waals surface area contributed by atoms with Gasteiger partial charge < -0.3 is 5.32 Å². The van der Waals surface area contributed by atoms with Crippen LogP contribution in [0.3, 0.4) is 0 Å². The highest BCUT2D eigenvalue weighted by Crippen LogP contribution is 2.26. The molecule has 4 nitrogen and oxygen atoms in total. The molecule has 2 aromatic rings. The average Bonchev–Trinajstić information content (AvgIpc) is 2.81. The molecule has 0 spiro atoms. The number of nitrogens with zero attached hydrogens (tertiary/aromatic N) is 1. The molecule has 88 valence electrons. The molecule has 1 aliphatic rings. The molecule has 17 heavy (non-hydrogen) atoms. The predicted molar refractivity (Wildman–Crippen MR) is 70.0 cm³/mol. The summed E-state index contributed by atoms with van der Waals surface area (Å²) in [6, 6.07) is 7.67. The number of rotatable bonds is 2. The molecule has 0 fully saturated rings. The normalized spacial score (nSPS) is 22.0. The molecule has 2 heterocycles. The number of para-hydroxylation sites is 1. The van der Waals surface area contributed by atoms with Crippen LogP contribution in [-0.4, -0.2) is 25.2 Å². The summed E-state index contributed by atoms with van der Waals surface area (Å²) in [4.78, 5) is 4.40. The second kappa shape index (κ2) is 3.82. The van der Waals surface area contributed by atoms with Crippen molar-refractivity contribution in [3.63, 3.8) is 0 Å². The third-order valence-electron chi connectivity index (χ3n) is 2.53. The van der Waals surface area contributed by atoms with Crippen molar-refractivity contribution >= 4 is 36.5 Å². The van der Waals surface area contributed by atoms with Crippen molar-refractivity contribution in [2.45, 2.75) is 6.04 Å². The maximum absolute atomic E-state index is 11.3. The van der Waals surface area contributed by atoms with Crippen LogP contribution in [0.5, 0.6) is 0 Å². The average molecular weight is 266 g/mol. The number of benzene rings is 1. The molecule has 0 radical (unpaired) electrons. The van der Waals surface area contributed by atoms with Gasteiger partial charge in [0.1, 0.15) is 0 Å². The van der Waals surface area contributed by atoms with Gasteiger partial charge in [-0.15, -0.1) is 0 Å². The maximum Gasteiger partial charge on any atom is 0.184 e. The van der Waals surface area contributed by atoms with Crippen LogP contribution in [0.1, 0.15) is 0 Å². The zero-order valence-corrected chi connectivity index (χ0v) is 10.5. The first-order valence-corrected chi connectivity index (χ1v) is 7.69. The molecule has 0 amide bonds. The minimum absolute atomic E-state index is 0.114. The summed E-state index contributed by atoms with van der Waals surface area (Å²) in [6.45, 7) is 0. The Hall–Kier alpha value is -1.40. The van der Waals surface area contributed by atoms with Gasteiger partial charge >= 0.3 is 0 Å². The van der Waals surface area contributed by atoms with Crippen LogP contribution in [0, 0.1) is 0 Å². The molecular weight excluding hydrogens is 256 g/mol. The van der Waals surface area contributed by atoms with Crippen molar-refractivity contribution in [2.24, 2.45) is 0 Å². The molecule has 1 aromatic carbocycles. The van der Waals surface area contributed by atoms with Gasteiger partial charge in [-0.25, -0.2) is 13.4 Å². The minimum Gasteiger partial charge on any atom is -0.354 e. The lowest BCUT2D eigenvalue weighted by atomic mass is 10.3. The van der Waals surface area contributed by atoms with Gasteiger partial charge in [-0.2, -0.15) is 0 Å². The van der Waals surface area contributed by atoms with E-state index in [-0.39, 0.29) is 11.8 Å². The number of anilines is 1. The fraction of sp³-hybridized carbons (Fsp3) is 0.182. The number of aromatic nitrogens is 1. The summed E-state index contributed by atoms with van der Waals surface area (Å²) < 4.78 is 23.6. The lowest BCUT2D eigenvalue weighted by Crippen LogP contribution is -2.20. The third kappa shape index (κ3) is 2.18. The molecule has 6 heteroatoms. The third-order valence-corrected chi connectivity index (χ3v) is 4.90. The monoisotopic (exact) mass is 266 g/mol. The number of sulfone groups is 1. The highest BCUT2D eigenvalue weighted by Gasteiger charge is 2.22. The van der Waals surface area contributed by atoms with Crippen molar-refractivity contribution in [1.82, 2.24) is 4.98 Å². The van der Waals surface area contributed by atoms with Crippen LogP contribution in [0.15, 0.2) is 35.7 Å². The Bertz CT molecular complexity index is 655. The van der Waals surface area contributed by atoms with Gasteiger partial charge in [0.25, 0.3) is 0 Å². The fourth-order valence-electron chi connectivity index (χ4n) is 1.76. The lowest BCUT2D eigenvalue weighted by molar-refractivity contribution is 0.605. The minimum atomic E-state index is -3.01. The highest BCUT2D eigenvalue weighted by molar-refractivity contribution is 7.94. The molecular formula is C11H10N2O2S2. The first kappa shape index (κ1) is 10.7. The summed E-state index contributed by atoms with van der Waals surface area (Å²) >= 11 is 1.53. The number of hydrogen-bond donors (Lipinski definition) is 1. The van der Waals surface area contributed by atoms with Crippen molar-refractivity contribution in [3.05, 3.63) is 35.7 Å². The van der Waals surface area contributed by atoms with E-state index in [1.807, 2.05) is 24.3 Å². The summed E-state index contributed by atoms with van der Waals surface area (Å²) in [6.07, 6.45) is 1.67. The second-order valence-corrected chi connectivity index (χ2v) is 6.86. The zero-order chi connectivity index (χ0) is 11.9. The first-order valence-electron chi connectivity index (χ1n) is 5.15. The van der Waals surface area contributed by atoms with E-state index in [1.54, 1.807) is 6.08 Å². The van der Waals surface area contributed by atoms with Gasteiger partial charge in [0.2, 0.25) is 0 Å². The molecule has 0 saturated carbocycles. The summed E-state index contributed by atoms with van der Waals surface area (Å²) in [5.41, 5.74) is 0.935. The summed E-state index contributed by atoms with van der Waals surface area (Å²) in [5, 5.41) is 5.15. The fourth-order valence-corrected chi connectivity index (χ4v) is 3.92. The Morgan fingerprint density at radius 2 is 2.18 bits per heavy atom. The SMILES string of the molecule is O=S1(=O)C=CC(Nc2nc3ccccc3s2)C1. The van der Waals surface area contributed by atoms with Crippen molar-refractivity contribution in [2.75, 3.05) is 11.1 Å². The van der Waals surface area contributed by atoms with E-state index in [4.69, 9.17) is 0 Å². The molecule has 1 unspecified atom stereocenters. The van der Waals surface area contributed by atoms with Gasteiger partial charge in [0.05, 0.1) is 22.0 Å². The van der Waals surface area contributed by atoms with Gasteiger partial charge in [-0.3, -0.25) is 0 Å². The first-order chi connectivity index (χ1) is 8.12. The number of hydrogen-bond acceptors (Lipinski definition) is 5. The number of fused-ring (bicyclic) bond motifs is 1. The van der Waals surface area contributed by atoms with Crippen LogP contribution >= 0.6 is 11.3 Å². The highest BCUT2D eigenvalue weighted by atomic mass is 32.2. The molecule has 1 aromatic heterocycles. The van der Waals surface area contributed by atoms with Crippen molar-refractivity contribution in [3.8, 4) is 0 Å². The van der Waals surface area contributed by atoms with Crippen molar-refractivity contribution < 1.29 is 8.42 Å². The number of nitrogens with one attached hydrogen (secondary N) is 1. The van der Waals surface area contributed by atoms with Crippen LogP contribution < -0.4 is 5.32 Å². The Morgan fingerprint density at radius 3 is 2.88 bits per heavy atom. The van der Waals surface area contributed by atoms with E-state index >= 15 is 0 Å². The maximum atomic E-state index is 11.3. The quantitative estimate of drug-likeness (QED) is 0.903. The molecule has 0 bridgehead atoms. The van der Waals surface area contributed by atoms with Crippen LogP contribution in [-0.2, 0) is 9.84 Å². The Balaban J connectivity index is 1.84. The molecule has 1 aliphatic heterocycles. The summed E-state index contributed by atoms with van der Waals surface area (Å²) in [7, 11) is -3.01.